The number of hydrogen-bond acceptors (Lipinski definition) is 7. The predicted molar refractivity (Wildman–Crippen MR) is 154 cm³/mol. The molecule has 0 fully saturated rings. The molecule has 3 rings (SSSR count). The van der Waals surface area contributed by atoms with Crippen LogP contribution >= 0.6 is 11.8 Å². The highest BCUT2D eigenvalue weighted by Crippen LogP contribution is 2.19. The molecule has 4 unspecified atom stereocenters. The number of para-hydroxylation sites is 1. The molecule has 1 aromatic heterocycles. The number of H-pyrrole nitrogens is 1. The van der Waals surface area contributed by atoms with Crippen LogP contribution in [0.1, 0.15) is 17.5 Å². The van der Waals surface area contributed by atoms with Gasteiger partial charge in [0, 0.05) is 23.5 Å². The third kappa shape index (κ3) is 8.57. The molecule has 2 aromatic carbocycles. The number of aliphatic hydroxyl groups excluding tert-OH is 1. The number of nitrogens with two attached hydrogens (primary N) is 1. The van der Waals surface area contributed by atoms with Gasteiger partial charge in [0.05, 0.1) is 12.6 Å². The molecular weight excluding hydrogens is 534 g/mol. The van der Waals surface area contributed by atoms with E-state index in [4.69, 9.17) is 5.73 Å². The summed E-state index contributed by atoms with van der Waals surface area (Å²) in [7, 11) is 0. The Morgan fingerprint density at radius 2 is 1.50 bits per heavy atom. The number of benzene rings is 2. The van der Waals surface area contributed by atoms with Crippen LogP contribution in [0.2, 0.25) is 0 Å². The molecule has 11 nitrogen and oxygen atoms in total. The molecule has 0 radical (unpaired) electrons. The van der Waals surface area contributed by atoms with Gasteiger partial charge < -0.3 is 36.9 Å². The molecule has 8 N–H and O–H groups in total. The maximum atomic E-state index is 13.4. The third-order valence-corrected chi connectivity index (χ3v) is 7.05. The van der Waals surface area contributed by atoms with Crippen molar-refractivity contribution in [3.05, 3.63) is 71.9 Å². The largest absolute Gasteiger partial charge is 0.480 e. The summed E-state index contributed by atoms with van der Waals surface area (Å²) in [4.78, 5) is 53.9. The zero-order chi connectivity index (χ0) is 29.1. The van der Waals surface area contributed by atoms with Gasteiger partial charge in [0.1, 0.15) is 18.1 Å². The van der Waals surface area contributed by atoms with Crippen molar-refractivity contribution in [3.8, 4) is 0 Å². The first kappa shape index (κ1) is 30.7. The van der Waals surface area contributed by atoms with Gasteiger partial charge in [0.15, 0.2) is 0 Å². The van der Waals surface area contributed by atoms with Crippen LogP contribution in [0.3, 0.4) is 0 Å². The molecule has 40 heavy (non-hydrogen) atoms. The van der Waals surface area contributed by atoms with Gasteiger partial charge in [-0.05, 0) is 42.0 Å². The highest BCUT2D eigenvalue weighted by atomic mass is 32.2. The van der Waals surface area contributed by atoms with Gasteiger partial charge in [-0.2, -0.15) is 11.8 Å². The lowest BCUT2D eigenvalue weighted by Gasteiger charge is -2.25. The second-order valence-electron chi connectivity index (χ2n) is 9.35. The number of amides is 3. The number of rotatable bonds is 15. The minimum absolute atomic E-state index is 0.142. The van der Waals surface area contributed by atoms with E-state index in [-0.39, 0.29) is 19.3 Å². The number of hydrogen-bond donors (Lipinski definition) is 7. The summed E-state index contributed by atoms with van der Waals surface area (Å²) in [6, 6.07) is 12.1. The summed E-state index contributed by atoms with van der Waals surface area (Å²) >= 11 is 1.45. The zero-order valence-corrected chi connectivity index (χ0v) is 22.9. The van der Waals surface area contributed by atoms with E-state index in [2.05, 4.69) is 20.9 Å². The highest BCUT2D eigenvalue weighted by molar-refractivity contribution is 7.98. The molecule has 0 bridgehead atoms. The first-order valence-electron chi connectivity index (χ1n) is 12.8. The molecule has 0 aliphatic rings. The van der Waals surface area contributed by atoms with E-state index in [9.17, 15) is 29.4 Å². The maximum absolute atomic E-state index is 13.4. The lowest BCUT2D eigenvalue weighted by atomic mass is 10.0. The first-order valence-corrected chi connectivity index (χ1v) is 14.2. The van der Waals surface area contributed by atoms with Gasteiger partial charge in [0.2, 0.25) is 17.7 Å². The van der Waals surface area contributed by atoms with Crippen LogP contribution in [0.5, 0.6) is 0 Å². The number of aromatic nitrogens is 1. The number of nitrogens with one attached hydrogen (secondary N) is 4. The molecule has 0 aliphatic heterocycles. The van der Waals surface area contributed by atoms with E-state index in [1.165, 1.54) is 11.8 Å². The lowest BCUT2D eigenvalue weighted by Crippen LogP contribution is -2.58. The van der Waals surface area contributed by atoms with E-state index in [1.54, 1.807) is 6.20 Å². The Kier molecular flexibility index (Phi) is 11.5. The van der Waals surface area contributed by atoms with Crippen molar-refractivity contribution in [2.24, 2.45) is 5.73 Å². The number of fused-ring (bicyclic) bond motifs is 1. The van der Waals surface area contributed by atoms with E-state index < -0.39 is 54.5 Å². The summed E-state index contributed by atoms with van der Waals surface area (Å²) < 4.78 is 0. The summed E-state index contributed by atoms with van der Waals surface area (Å²) in [6.45, 7) is -0.800. The number of carboxylic acid groups (broad SMARTS) is 1. The van der Waals surface area contributed by atoms with Crippen molar-refractivity contribution < 1.29 is 29.4 Å². The molecule has 0 aliphatic carbocycles. The molecule has 0 saturated heterocycles. The summed E-state index contributed by atoms with van der Waals surface area (Å²) in [5, 5.41) is 27.1. The molecule has 0 spiro atoms. The van der Waals surface area contributed by atoms with Gasteiger partial charge in [0.25, 0.3) is 0 Å². The normalized spacial score (nSPS) is 14.1. The van der Waals surface area contributed by atoms with E-state index in [1.807, 2.05) is 60.9 Å². The van der Waals surface area contributed by atoms with E-state index in [0.29, 0.717) is 5.75 Å². The number of carbonyl (C=O) groups is 4. The Morgan fingerprint density at radius 1 is 0.875 bits per heavy atom. The van der Waals surface area contributed by atoms with Gasteiger partial charge in [-0.3, -0.25) is 14.4 Å². The van der Waals surface area contributed by atoms with Crippen LogP contribution in [-0.2, 0) is 32.0 Å². The predicted octanol–water partition coefficient (Wildman–Crippen LogP) is 0.565. The molecule has 1 heterocycles. The quantitative estimate of drug-likeness (QED) is 0.138. The van der Waals surface area contributed by atoms with Crippen LogP contribution in [-0.4, -0.2) is 81.7 Å². The number of thioether (sulfide) groups is 1. The Labute approximate surface area is 236 Å². The molecule has 3 aromatic rings. The second-order valence-corrected chi connectivity index (χ2v) is 10.3. The van der Waals surface area contributed by atoms with Crippen molar-refractivity contribution in [3.63, 3.8) is 0 Å². The summed E-state index contributed by atoms with van der Waals surface area (Å²) in [6.07, 6.45) is 4.23. The number of carboxylic acids is 1. The van der Waals surface area contributed by atoms with E-state index in [0.717, 1.165) is 22.0 Å². The second kappa shape index (κ2) is 15.1. The zero-order valence-electron chi connectivity index (χ0n) is 22.1. The average Bonchev–Trinajstić information content (AvgIpc) is 3.36. The van der Waals surface area contributed by atoms with Crippen LogP contribution in [0.25, 0.3) is 10.9 Å². The Morgan fingerprint density at radius 3 is 2.17 bits per heavy atom. The smallest absolute Gasteiger partial charge is 0.328 e. The fraction of sp³-hybridized carbons (Fsp3) is 0.357. The van der Waals surface area contributed by atoms with Crippen molar-refractivity contribution in [1.29, 1.82) is 0 Å². The highest BCUT2D eigenvalue weighted by Gasteiger charge is 2.30. The van der Waals surface area contributed by atoms with Gasteiger partial charge >= 0.3 is 5.97 Å². The first-order chi connectivity index (χ1) is 19.2. The molecule has 4 atom stereocenters. The lowest BCUT2D eigenvalue weighted by molar-refractivity contribution is -0.143. The molecule has 214 valence electrons. The molecule has 3 amide bonds. The Bertz CT molecular complexity index is 1300. The minimum Gasteiger partial charge on any atom is -0.480 e. The monoisotopic (exact) mass is 569 g/mol. The standard InChI is InChI=1S/C28H35N5O6S/c1-40-12-11-22(26(36)33-24(16-34)28(38)39)31-27(37)23(13-17-7-3-2-4-8-17)32-25(35)20(29)14-18-15-30-21-10-6-5-9-19(18)21/h2-10,15,20,22-24,30,34H,11-14,16,29H2,1H3,(H,31,37)(H,32,35)(H,33,36)(H,38,39). The third-order valence-electron chi connectivity index (χ3n) is 6.41. The number of aliphatic hydroxyl groups is 1. The number of aromatic amines is 1. The fourth-order valence-corrected chi connectivity index (χ4v) is 4.67. The minimum atomic E-state index is -1.51. The van der Waals surface area contributed by atoms with Gasteiger partial charge in [-0.25, -0.2) is 4.79 Å². The molecule has 0 saturated carbocycles. The average molecular weight is 570 g/mol. The van der Waals surface area contributed by atoms with Crippen molar-refractivity contribution in [2.75, 3.05) is 18.6 Å². The van der Waals surface area contributed by atoms with Crippen molar-refractivity contribution >= 4 is 46.4 Å². The summed E-state index contributed by atoms with van der Waals surface area (Å²) in [5.74, 6) is -2.79. The van der Waals surface area contributed by atoms with E-state index >= 15 is 0 Å². The van der Waals surface area contributed by atoms with Crippen molar-refractivity contribution in [2.45, 2.75) is 43.4 Å². The SMILES string of the molecule is CSCCC(NC(=O)C(Cc1ccccc1)NC(=O)C(N)Cc1c[nH]c2ccccc12)C(=O)NC(CO)C(=O)O. The number of aliphatic carboxylic acids is 1. The van der Waals surface area contributed by atoms with Crippen LogP contribution < -0.4 is 21.7 Å². The van der Waals surface area contributed by atoms with Crippen LogP contribution in [0, 0.1) is 0 Å². The van der Waals surface area contributed by atoms with Gasteiger partial charge in [-0.15, -0.1) is 0 Å². The van der Waals surface area contributed by atoms with Gasteiger partial charge in [-0.1, -0.05) is 48.5 Å². The Balaban J connectivity index is 1.75. The maximum Gasteiger partial charge on any atom is 0.328 e. The Hall–Kier alpha value is -3.87. The number of carbonyl (C=O) groups excluding carboxylic acids is 3. The molecular formula is C28H35N5O6S. The molecule has 12 heteroatoms. The van der Waals surface area contributed by atoms with Crippen LogP contribution in [0.4, 0.5) is 0 Å². The fourth-order valence-electron chi connectivity index (χ4n) is 4.20. The topological polar surface area (TPSA) is 187 Å². The van der Waals surface area contributed by atoms with Crippen molar-refractivity contribution in [1.82, 2.24) is 20.9 Å². The summed E-state index contributed by atoms with van der Waals surface area (Å²) in [5.41, 5.74) is 8.83. The van der Waals surface area contributed by atoms with Crippen LogP contribution in [0.15, 0.2) is 60.8 Å².